The zero-order chi connectivity index (χ0) is 13.9. The summed E-state index contributed by atoms with van der Waals surface area (Å²) in [5.41, 5.74) is 7.32. The molecule has 0 amide bonds. The van der Waals surface area contributed by atoms with E-state index in [9.17, 15) is 0 Å². The molecule has 2 atom stereocenters. The Morgan fingerprint density at radius 1 is 1.32 bits per heavy atom. The summed E-state index contributed by atoms with van der Waals surface area (Å²) >= 11 is 5.95. The van der Waals surface area contributed by atoms with Crippen LogP contribution in [0, 0.1) is 11.8 Å². The lowest BCUT2D eigenvalue weighted by Gasteiger charge is -2.47. The maximum atomic E-state index is 6.16. The van der Waals surface area contributed by atoms with Crippen LogP contribution in [0.25, 0.3) is 0 Å². The number of halogens is 1. The molecule has 1 aromatic carbocycles. The number of rotatable bonds is 4. The molecular formula is C16H25ClN2. The Balaban J connectivity index is 2.22. The highest BCUT2D eigenvalue weighted by molar-refractivity contribution is 6.30. The van der Waals surface area contributed by atoms with E-state index in [1.807, 2.05) is 24.3 Å². The Labute approximate surface area is 121 Å². The zero-order valence-electron chi connectivity index (χ0n) is 12.0. The first kappa shape index (κ1) is 14.7. The molecule has 1 saturated carbocycles. The van der Waals surface area contributed by atoms with Crippen molar-refractivity contribution < 1.29 is 0 Å². The first-order valence-corrected chi connectivity index (χ1v) is 7.69. The van der Waals surface area contributed by atoms with Crippen molar-refractivity contribution in [1.29, 1.82) is 0 Å². The molecule has 1 fully saturated rings. The van der Waals surface area contributed by atoms with Crippen LogP contribution in [0.15, 0.2) is 24.3 Å². The van der Waals surface area contributed by atoms with Crippen LogP contribution >= 0.6 is 11.6 Å². The third kappa shape index (κ3) is 3.24. The van der Waals surface area contributed by atoms with Gasteiger partial charge in [0.2, 0.25) is 0 Å². The molecule has 1 aliphatic carbocycles. The van der Waals surface area contributed by atoms with Gasteiger partial charge in [-0.3, -0.25) is 0 Å². The summed E-state index contributed by atoms with van der Waals surface area (Å²) in [5, 5.41) is 4.49. The van der Waals surface area contributed by atoms with Gasteiger partial charge in [0, 0.05) is 17.3 Å². The molecule has 3 heteroatoms. The average Bonchev–Trinajstić information content (AvgIpc) is 2.41. The maximum Gasteiger partial charge on any atom is 0.0526 e. The Morgan fingerprint density at radius 2 is 2.00 bits per heavy atom. The number of hydrogen-bond acceptors (Lipinski definition) is 2. The molecule has 3 N–H and O–H groups in total. The predicted molar refractivity (Wildman–Crippen MR) is 83.7 cm³/mol. The molecule has 0 heterocycles. The first-order valence-electron chi connectivity index (χ1n) is 7.31. The SMILES string of the molecule is CC(C)C1CCCCC1(CN)Nc1ccc(Cl)cc1. The van der Waals surface area contributed by atoms with E-state index < -0.39 is 0 Å². The van der Waals surface area contributed by atoms with E-state index in [0.717, 1.165) is 17.1 Å². The van der Waals surface area contributed by atoms with E-state index in [2.05, 4.69) is 19.2 Å². The van der Waals surface area contributed by atoms with E-state index in [1.165, 1.54) is 19.3 Å². The number of anilines is 1. The van der Waals surface area contributed by atoms with Crippen molar-refractivity contribution in [3.63, 3.8) is 0 Å². The lowest BCUT2D eigenvalue weighted by molar-refractivity contribution is 0.166. The van der Waals surface area contributed by atoms with Crippen LogP contribution in [-0.4, -0.2) is 12.1 Å². The highest BCUT2D eigenvalue weighted by atomic mass is 35.5. The second-order valence-corrected chi connectivity index (χ2v) is 6.52. The molecule has 1 aliphatic rings. The molecule has 1 aromatic rings. The fraction of sp³-hybridized carbons (Fsp3) is 0.625. The van der Waals surface area contributed by atoms with E-state index in [4.69, 9.17) is 17.3 Å². The van der Waals surface area contributed by atoms with E-state index in [-0.39, 0.29) is 5.54 Å². The van der Waals surface area contributed by atoms with Crippen LogP contribution in [-0.2, 0) is 0 Å². The van der Waals surface area contributed by atoms with Gasteiger partial charge < -0.3 is 11.1 Å². The maximum absolute atomic E-state index is 6.16. The van der Waals surface area contributed by atoms with Crippen molar-refractivity contribution >= 4 is 17.3 Å². The number of benzene rings is 1. The molecule has 0 spiro atoms. The van der Waals surface area contributed by atoms with Crippen molar-refractivity contribution in [2.45, 2.75) is 45.1 Å². The summed E-state index contributed by atoms with van der Waals surface area (Å²) in [4.78, 5) is 0. The Bertz CT molecular complexity index is 402. The zero-order valence-corrected chi connectivity index (χ0v) is 12.7. The van der Waals surface area contributed by atoms with Crippen LogP contribution in [0.5, 0.6) is 0 Å². The third-order valence-corrected chi connectivity index (χ3v) is 4.76. The summed E-state index contributed by atoms with van der Waals surface area (Å²) in [6, 6.07) is 7.96. The molecule has 19 heavy (non-hydrogen) atoms. The third-order valence-electron chi connectivity index (χ3n) is 4.50. The van der Waals surface area contributed by atoms with Gasteiger partial charge in [-0.25, -0.2) is 0 Å². The summed E-state index contributed by atoms with van der Waals surface area (Å²) in [6.45, 7) is 5.31. The van der Waals surface area contributed by atoms with Crippen LogP contribution < -0.4 is 11.1 Å². The number of nitrogens with two attached hydrogens (primary N) is 1. The minimum Gasteiger partial charge on any atom is -0.378 e. The Kier molecular flexibility index (Phi) is 4.75. The smallest absolute Gasteiger partial charge is 0.0526 e. The molecule has 0 radical (unpaired) electrons. The van der Waals surface area contributed by atoms with Crippen molar-refractivity contribution in [2.24, 2.45) is 17.6 Å². The predicted octanol–water partition coefficient (Wildman–Crippen LogP) is 4.30. The minimum atomic E-state index is 0.0419. The number of nitrogens with one attached hydrogen (secondary N) is 1. The van der Waals surface area contributed by atoms with Crippen molar-refractivity contribution in [1.82, 2.24) is 0 Å². The minimum absolute atomic E-state index is 0.0419. The molecular weight excluding hydrogens is 256 g/mol. The van der Waals surface area contributed by atoms with E-state index in [0.29, 0.717) is 18.4 Å². The van der Waals surface area contributed by atoms with Crippen LogP contribution in [0.1, 0.15) is 39.5 Å². The van der Waals surface area contributed by atoms with Gasteiger partial charge in [-0.05, 0) is 48.9 Å². The average molecular weight is 281 g/mol. The Hall–Kier alpha value is -0.730. The summed E-state index contributed by atoms with van der Waals surface area (Å²) in [7, 11) is 0. The van der Waals surface area contributed by atoms with Gasteiger partial charge in [0.25, 0.3) is 0 Å². The van der Waals surface area contributed by atoms with Crippen LogP contribution in [0.4, 0.5) is 5.69 Å². The molecule has 0 aliphatic heterocycles. The standard InChI is InChI=1S/C16H25ClN2/c1-12(2)15-5-3-4-10-16(15,11-18)19-14-8-6-13(17)7-9-14/h6-9,12,15,19H,3-5,10-11,18H2,1-2H3. The molecule has 2 nitrogen and oxygen atoms in total. The lowest BCUT2D eigenvalue weighted by atomic mass is 9.67. The van der Waals surface area contributed by atoms with E-state index >= 15 is 0 Å². The fourth-order valence-electron chi connectivity index (χ4n) is 3.52. The second-order valence-electron chi connectivity index (χ2n) is 6.09. The fourth-order valence-corrected chi connectivity index (χ4v) is 3.64. The van der Waals surface area contributed by atoms with Crippen molar-refractivity contribution in [3.8, 4) is 0 Å². The number of hydrogen-bond donors (Lipinski definition) is 2. The second kappa shape index (κ2) is 6.15. The van der Waals surface area contributed by atoms with Gasteiger partial charge in [0.15, 0.2) is 0 Å². The van der Waals surface area contributed by atoms with Gasteiger partial charge in [0.1, 0.15) is 0 Å². The summed E-state index contributed by atoms with van der Waals surface area (Å²) in [5.74, 6) is 1.30. The van der Waals surface area contributed by atoms with Gasteiger partial charge in [-0.15, -0.1) is 0 Å². The topological polar surface area (TPSA) is 38.0 Å². The molecule has 2 unspecified atom stereocenters. The highest BCUT2D eigenvalue weighted by Gasteiger charge is 2.40. The van der Waals surface area contributed by atoms with Gasteiger partial charge >= 0.3 is 0 Å². The molecule has 2 rings (SSSR count). The molecule has 0 saturated heterocycles. The van der Waals surface area contributed by atoms with Gasteiger partial charge in [0.05, 0.1) is 5.54 Å². The molecule has 106 valence electrons. The van der Waals surface area contributed by atoms with Crippen LogP contribution in [0.2, 0.25) is 5.02 Å². The normalized spacial score (nSPS) is 27.5. The summed E-state index contributed by atoms with van der Waals surface area (Å²) in [6.07, 6.45) is 5.03. The van der Waals surface area contributed by atoms with Crippen molar-refractivity contribution in [3.05, 3.63) is 29.3 Å². The summed E-state index contributed by atoms with van der Waals surface area (Å²) < 4.78 is 0. The van der Waals surface area contributed by atoms with E-state index in [1.54, 1.807) is 0 Å². The Morgan fingerprint density at radius 3 is 2.58 bits per heavy atom. The van der Waals surface area contributed by atoms with Crippen LogP contribution in [0.3, 0.4) is 0 Å². The highest BCUT2D eigenvalue weighted by Crippen LogP contribution is 2.40. The lowest BCUT2D eigenvalue weighted by Crippen LogP contribution is -2.55. The molecule has 0 bridgehead atoms. The van der Waals surface area contributed by atoms with Gasteiger partial charge in [-0.1, -0.05) is 38.3 Å². The quantitative estimate of drug-likeness (QED) is 0.863. The molecule has 0 aromatic heterocycles. The monoisotopic (exact) mass is 280 g/mol. The van der Waals surface area contributed by atoms with Gasteiger partial charge in [-0.2, -0.15) is 0 Å². The van der Waals surface area contributed by atoms with Crippen molar-refractivity contribution in [2.75, 3.05) is 11.9 Å². The largest absolute Gasteiger partial charge is 0.378 e. The first-order chi connectivity index (χ1) is 9.07.